The number of aliphatic carboxylic acids is 1. The Morgan fingerprint density at radius 2 is 2.17 bits per heavy atom. The molecule has 1 aromatic heterocycles. The molecule has 0 fully saturated rings. The highest BCUT2D eigenvalue weighted by Gasteiger charge is 2.31. The van der Waals surface area contributed by atoms with Crippen LogP contribution in [0.4, 0.5) is 4.39 Å². The number of halogens is 1. The van der Waals surface area contributed by atoms with E-state index in [0.29, 0.717) is 11.3 Å². The van der Waals surface area contributed by atoms with E-state index in [1.807, 2.05) is 18.5 Å². The fourth-order valence-corrected chi connectivity index (χ4v) is 3.51. The Morgan fingerprint density at radius 3 is 2.83 bits per heavy atom. The molecule has 1 N–H and O–H groups in total. The van der Waals surface area contributed by atoms with Crippen molar-refractivity contribution in [2.45, 2.75) is 51.5 Å². The number of fused-ring (bicyclic) bond motifs is 1. The van der Waals surface area contributed by atoms with Gasteiger partial charge in [0.15, 0.2) is 0 Å². The number of carboxylic acids is 1. The summed E-state index contributed by atoms with van der Waals surface area (Å²) in [5.41, 5.74) is 3.06. The molecule has 5 heteroatoms. The summed E-state index contributed by atoms with van der Waals surface area (Å²) in [6.45, 7) is 4.08. The van der Waals surface area contributed by atoms with Crippen LogP contribution in [0.5, 0.6) is 0 Å². The molecule has 0 bridgehead atoms. The number of hydrogen-bond acceptors (Lipinski definition) is 2. The van der Waals surface area contributed by atoms with Crippen LogP contribution in [-0.4, -0.2) is 20.9 Å². The summed E-state index contributed by atoms with van der Waals surface area (Å²) < 4.78 is 16.2. The SMILES string of the molecule is CC(C)n1nc(-c2ccccc2F)c2c1CCCC2CC(=O)O. The molecular weight excluding hydrogens is 295 g/mol. The zero-order valence-corrected chi connectivity index (χ0v) is 13.4. The van der Waals surface area contributed by atoms with Crippen LogP contribution in [0.2, 0.25) is 0 Å². The Bertz CT molecular complexity index is 737. The predicted octanol–water partition coefficient (Wildman–Crippen LogP) is 4.16. The molecule has 1 unspecified atom stereocenters. The van der Waals surface area contributed by atoms with E-state index in [9.17, 15) is 14.3 Å². The summed E-state index contributed by atoms with van der Waals surface area (Å²) in [6, 6.07) is 6.74. The van der Waals surface area contributed by atoms with Crippen LogP contribution < -0.4 is 0 Å². The van der Waals surface area contributed by atoms with Gasteiger partial charge in [-0.1, -0.05) is 12.1 Å². The molecule has 2 aromatic rings. The molecule has 1 heterocycles. The molecule has 23 heavy (non-hydrogen) atoms. The lowest BCUT2D eigenvalue weighted by Gasteiger charge is -2.23. The van der Waals surface area contributed by atoms with Crippen molar-refractivity contribution >= 4 is 5.97 Å². The molecule has 0 aliphatic heterocycles. The third-order valence-corrected chi connectivity index (χ3v) is 4.46. The molecular formula is C18H21FN2O2. The lowest BCUT2D eigenvalue weighted by molar-refractivity contribution is -0.137. The van der Waals surface area contributed by atoms with Gasteiger partial charge >= 0.3 is 5.97 Å². The first kappa shape index (κ1) is 15.7. The Hall–Kier alpha value is -2.17. The summed E-state index contributed by atoms with van der Waals surface area (Å²) in [5.74, 6) is -1.23. The highest BCUT2D eigenvalue weighted by molar-refractivity contribution is 5.71. The Balaban J connectivity index is 2.20. The highest BCUT2D eigenvalue weighted by atomic mass is 19.1. The van der Waals surface area contributed by atoms with Crippen LogP contribution in [0.3, 0.4) is 0 Å². The van der Waals surface area contributed by atoms with Gasteiger partial charge in [-0.25, -0.2) is 4.39 Å². The smallest absolute Gasteiger partial charge is 0.303 e. The van der Waals surface area contributed by atoms with Gasteiger partial charge in [-0.2, -0.15) is 5.10 Å². The molecule has 0 amide bonds. The molecule has 0 saturated carbocycles. The van der Waals surface area contributed by atoms with Gasteiger partial charge in [0.25, 0.3) is 0 Å². The minimum Gasteiger partial charge on any atom is -0.481 e. The van der Waals surface area contributed by atoms with Crippen LogP contribution >= 0.6 is 0 Å². The lowest BCUT2D eigenvalue weighted by Crippen LogP contribution is -2.16. The first-order valence-electron chi connectivity index (χ1n) is 8.07. The van der Waals surface area contributed by atoms with Gasteiger partial charge in [-0.05, 0) is 51.2 Å². The van der Waals surface area contributed by atoms with Gasteiger partial charge in [0.1, 0.15) is 5.82 Å². The Kier molecular flexibility index (Phi) is 4.20. The molecule has 1 aromatic carbocycles. The number of rotatable bonds is 4. The summed E-state index contributed by atoms with van der Waals surface area (Å²) in [6.07, 6.45) is 2.69. The van der Waals surface area contributed by atoms with Crippen LogP contribution in [-0.2, 0) is 11.2 Å². The lowest BCUT2D eigenvalue weighted by atomic mass is 9.82. The second-order valence-corrected chi connectivity index (χ2v) is 6.41. The average Bonchev–Trinajstić information content (AvgIpc) is 2.88. The van der Waals surface area contributed by atoms with Crippen LogP contribution in [0.1, 0.15) is 56.3 Å². The Morgan fingerprint density at radius 1 is 1.43 bits per heavy atom. The second kappa shape index (κ2) is 6.14. The molecule has 4 nitrogen and oxygen atoms in total. The molecule has 122 valence electrons. The largest absolute Gasteiger partial charge is 0.481 e. The van der Waals surface area contributed by atoms with E-state index < -0.39 is 5.97 Å². The van der Waals surface area contributed by atoms with Crippen molar-refractivity contribution in [1.82, 2.24) is 9.78 Å². The van der Waals surface area contributed by atoms with Crippen LogP contribution in [0.15, 0.2) is 24.3 Å². The van der Waals surface area contributed by atoms with E-state index >= 15 is 0 Å². The topological polar surface area (TPSA) is 55.1 Å². The maximum atomic E-state index is 14.3. The van der Waals surface area contributed by atoms with Gasteiger partial charge in [-0.3, -0.25) is 9.48 Å². The van der Waals surface area contributed by atoms with Crippen molar-refractivity contribution in [3.8, 4) is 11.3 Å². The molecule has 1 atom stereocenters. The highest BCUT2D eigenvalue weighted by Crippen LogP contribution is 2.41. The zero-order valence-electron chi connectivity index (χ0n) is 13.4. The van der Waals surface area contributed by atoms with E-state index in [4.69, 9.17) is 0 Å². The van der Waals surface area contributed by atoms with Gasteiger partial charge in [-0.15, -0.1) is 0 Å². The van der Waals surface area contributed by atoms with Crippen molar-refractivity contribution in [1.29, 1.82) is 0 Å². The van der Waals surface area contributed by atoms with Crippen molar-refractivity contribution in [2.24, 2.45) is 0 Å². The van der Waals surface area contributed by atoms with Gasteiger partial charge in [0, 0.05) is 22.9 Å². The third kappa shape index (κ3) is 2.87. The first-order chi connectivity index (χ1) is 11.0. The van der Waals surface area contributed by atoms with Crippen molar-refractivity contribution < 1.29 is 14.3 Å². The maximum Gasteiger partial charge on any atom is 0.303 e. The predicted molar refractivity (Wildman–Crippen MR) is 85.9 cm³/mol. The van der Waals surface area contributed by atoms with E-state index in [-0.39, 0.29) is 24.2 Å². The van der Waals surface area contributed by atoms with Crippen molar-refractivity contribution in [2.75, 3.05) is 0 Å². The van der Waals surface area contributed by atoms with Crippen LogP contribution in [0.25, 0.3) is 11.3 Å². The molecule has 1 aliphatic carbocycles. The molecule has 3 rings (SSSR count). The van der Waals surface area contributed by atoms with Crippen LogP contribution in [0, 0.1) is 5.82 Å². The summed E-state index contributed by atoms with van der Waals surface area (Å²) in [7, 11) is 0. The number of carboxylic acid groups (broad SMARTS) is 1. The van der Waals surface area contributed by atoms with Crippen molar-refractivity contribution in [3.63, 3.8) is 0 Å². The van der Waals surface area contributed by atoms with E-state index in [1.54, 1.807) is 18.2 Å². The van der Waals surface area contributed by atoms with Crippen molar-refractivity contribution in [3.05, 3.63) is 41.3 Å². The standard InChI is InChI=1S/C18H21FN2O2/c1-11(2)21-15-9-5-6-12(10-16(22)23)17(15)18(20-21)13-7-3-4-8-14(13)19/h3-4,7-8,11-12H,5-6,9-10H2,1-2H3,(H,22,23). The molecule has 1 aliphatic rings. The second-order valence-electron chi connectivity index (χ2n) is 6.41. The number of hydrogen-bond donors (Lipinski definition) is 1. The zero-order chi connectivity index (χ0) is 16.6. The number of aromatic nitrogens is 2. The van der Waals surface area contributed by atoms with E-state index in [2.05, 4.69) is 5.10 Å². The molecule has 0 saturated heterocycles. The van der Waals surface area contributed by atoms with E-state index in [0.717, 1.165) is 30.5 Å². The third-order valence-electron chi connectivity index (χ3n) is 4.46. The van der Waals surface area contributed by atoms with Gasteiger partial charge in [0.2, 0.25) is 0 Å². The normalized spacial score (nSPS) is 17.3. The van der Waals surface area contributed by atoms with E-state index in [1.165, 1.54) is 6.07 Å². The average molecular weight is 316 g/mol. The Labute approximate surface area is 134 Å². The first-order valence-corrected chi connectivity index (χ1v) is 8.07. The minimum atomic E-state index is -0.820. The quantitative estimate of drug-likeness (QED) is 0.921. The van der Waals surface area contributed by atoms with Gasteiger partial charge in [0.05, 0.1) is 12.1 Å². The molecule has 0 spiro atoms. The summed E-state index contributed by atoms with van der Waals surface area (Å²) in [5, 5.41) is 13.9. The fraction of sp³-hybridized carbons (Fsp3) is 0.444. The number of benzene rings is 1. The summed E-state index contributed by atoms with van der Waals surface area (Å²) in [4.78, 5) is 11.2. The minimum absolute atomic E-state index is 0.0677. The monoisotopic (exact) mass is 316 g/mol. The molecule has 0 radical (unpaired) electrons. The van der Waals surface area contributed by atoms with Gasteiger partial charge < -0.3 is 5.11 Å². The summed E-state index contributed by atoms with van der Waals surface area (Å²) >= 11 is 0. The fourth-order valence-electron chi connectivity index (χ4n) is 3.51. The maximum absolute atomic E-state index is 14.3. The number of carbonyl (C=O) groups is 1. The number of nitrogens with zero attached hydrogens (tertiary/aromatic N) is 2.